The molecule has 0 bridgehead atoms. The van der Waals surface area contributed by atoms with Crippen molar-refractivity contribution in [3.05, 3.63) is 65.6 Å². The van der Waals surface area contributed by atoms with E-state index in [0.717, 1.165) is 68.6 Å². The number of H-pyrrole nitrogens is 1. The number of nitrogens with one attached hydrogen (secondary N) is 3. The smallest absolute Gasteiger partial charge is 0.407 e. The summed E-state index contributed by atoms with van der Waals surface area (Å²) in [7, 11) is 2.52. The molecule has 3 aliphatic heterocycles. The molecule has 1 unspecified atom stereocenters. The van der Waals surface area contributed by atoms with E-state index >= 15 is 0 Å². The number of hydrogen-bond acceptors (Lipinski definition) is 10. The first-order valence-corrected chi connectivity index (χ1v) is 22.1. The molecule has 0 spiro atoms. The Labute approximate surface area is 370 Å². The molecule has 3 amide bonds. The lowest BCUT2D eigenvalue weighted by Crippen LogP contribution is -2.51. The molecule has 7 atom stereocenters. The van der Waals surface area contributed by atoms with Crippen LogP contribution in [0.1, 0.15) is 76.9 Å². The van der Waals surface area contributed by atoms with Crippen LogP contribution in [-0.2, 0) is 36.8 Å². The van der Waals surface area contributed by atoms with Crippen LogP contribution in [0.5, 0.6) is 5.75 Å². The van der Waals surface area contributed by atoms with Crippen molar-refractivity contribution >= 4 is 46.0 Å². The summed E-state index contributed by atoms with van der Waals surface area (Å²) in [5.41, 5.74) is 7.58. The fourth-order valence-electron chi connectivity index (χ4n) is 10.2. The van der Waals surface area contributed by atoms with Crippen LogP contribution in [0.15, 0.2) is 53.7 Å². The molecule has 64 heavy (non-hydrogen) atoms. The van der Waals surface area contributed by atoms with Gasteiger partial charge >= 0.3 is 18.8 Å². The Kier molecular flexibility index (Phi) is 12.8. The molecular formula is C48H56F2N6O8. The number of fused-ring (bicyclic) bond motifs is 6. The van der Waals surface area contributed by atoms with Gasteiger partial charge in [0.15, 0.2) is 5.78 Å². The van der Waals surface area contributed by atoms with Crippen LogP contribution in [0.25, 0.3) is 33.2 Å². The fraction of sp³-hybridized carbons (Fsp3) is 0.500. The average Bonchev–Trinajstić information content (AvgIpc) is 4.10. The second-order valence-corrected chi connectivity index (χ2v) is 18.3. The van der Waals surface area contributed by atoms with Crippen molar-refractivity contribution in [2.45, 2.75) is 91.6 Å². The normalized spacial score (nSPS) is 22.2. The third-order valence-corrected chi connectivity index (χ3v) is 13.5. The number of carbonyl (C=O) groups excluding carboxylic acids is 4. The average molecular weight is 883 g/mol. The molecule has 4 aliphatic rings. The van der Waals surface area contributed by atoms with E-state index in [9.17, 15) is 28.0 Å². The zero-order valence-electron chi connectivity index (χ0n) is 37.2. The minimum Gasteiger partial charge on any atom is -0.488 e. The van der Waals surface area contributed by atoms with Gasteiger partial charge in [0, 0.05) is 42.0 Å². The highest BCUT2D eigenvalue weighted by Gasteiger charge is 2.46. The predicted octanol–water partition coefficient (Wildman–Crippen LogP) is 8.54. The van der Waals surface area contributed by atoms with Crippen LogP contribution in [0.4, 0.5) is 24.1 Å². The van der Waals surface area contributed by atoms with Gasteiger partial charge in [-0.25, -0.2) is 14.6 Å². The lowest BCUT2D eigenvalue weighted by atomic mass is 9.78. The molecule has 8 rings (SSSR count). The molecule has 4 heterocycles. The summed E-state index contributed by atoms with van der Waals surface area (Å²) in [5, 5.41) is 7.52. The molecule has 14 nitrogen and oxygen atoms in total. The number of imidazole rings is 1. The Morgan fingerprint density at radius 1 is 0.938 bits per heavy atom. The maximum absolute atomic E-state index is 14.1. The molecule has 16 heteroatoms. The van der Waals surface area contributed by atoms with E-state index in [1.54, 1.807) is 24.9 Å². The van der Waals surface area contributed by atoms with Gasteiger partial charge in [-0.3, -0.25) is 14.6 Å². The highest BCUT2D eigenvalue weighted by molar-refractivity contribution is 6.06. The fourth-order valence-corrected chi connectivity index (χ4v) is 10.2. The summed E-state index contributed by atoms with van der Waals surface area (Å²) < 4.78 is 46.8. The number of Topliss-reactive ketones (excluding diaryl/α,β-unsaturated/α-hetero) is 1. The zero-order chi connectivity index (χ0) is 45.6. The van der Waals surface area contributed by atoms with Gasteiger partial charge in [-0.2, -0.15) is 8.78 Å². The van der Waals surface area contributed by atoms with E-state index in [2.05, 4.69) is 68.7 Å². The Balaban J connectivity index is 1.02. The summed E-state index contributed by atoms with van der Waals surface area (Å²) in [6, 6.07) is 12.4. The number of hydrogen-bond donors (Lipinski definition) is 3. The minimum absolute atomic E-state index is 0.0248. The lowest BCUT2D eigenvalue weighted by Gasteiger charge is -2.30. The molecule has 1 saturated carbocycles. The molecule has 4 aromatic rings. The van der Waals surface area contributed by atoms with Crippen LogP contribution in [0.2, 0.25) is 0 Å². The van der Waals surface area contributed by atoms with Crippen molar-refractivity contribution in [1.82, 2.24) is 25.5 Å². The molecule has 1 saturated heterocycles. The standard InChI is InChI=1S/C48H56F2N6O8/c1-23(2)41(54-47(59)61-6)43(57)40-25(5)8-11-31(40)36-17-33-32-18-39-34(16-27(32)10-13-35(33)52-36)30-12-9-28(15-29(30)22-63-39)37-19-51-44(53-37)38-14-26(21-64-46(49)50)20-56(38)45(58)42(24(3)4)55-48(60)62-7/h9-10,12-13,15-16,18-19,23-26,31,38,40-42,46H,8,11,14,17,20-22H2,1-7H3,(H,51,53)(H,54,59)(H,55,60)/t25-,26-,31-,38-,40?,41-,42-/m0/s1. The van der Waals surface area contributed by atoms with E-state index in [4.69, 9.17) is 19.2 Å². The van der Waals surface area contributed by atoms with E-state index in [1.807, 2.05) is 19.9 Å². The molecule has 0 radical (unpaired) electrons. The number of ketones is 1. The summed E-state index contributed by atoms with van der Waals surface area (Å²) in [5.74, 6) is 0.0442. The Bertz CT molecular complexity index is 2490. The Morgan fingerprint density at radius 2 is 1.67 bits per heavy atom. The van der Waals surface area contributed by atoms with Gasteiger partial charge in [0.25, 0.3) is 0 Å². The molecule has 340 valence electrons. The van der Waals surface area contributed by atoms with Crippen LogP contribution < -0.4 is 15.4 Å². The van der Waals surface area contributed by atoms with Crippen molar-refractivity contribution in [3.63, 3.8) is 0 Å². The molecular weight excluding hydrogens is 827 g/mol. The zero-order valence-corrected chi connectivity index (χ0v) is 37.2. The Hall–Kier alpha value is -5.90. The molecule has 1 aliphatic carbocycles. The number of methoxy groups -OCH3 is 2. The van der Waals surface area contributed by atoms with Gasteiger partial charge in [-0.15, -0.1) is 0 Å². The number of aliphatic imine (C=N–C) groups is 1. The number of aromatic nitrogens is 2. The van der Waals surface area contributed by atoms with E-state index < -0.39 is 36.9 Å². The second-order valence-electron chi connectivity index (χ2n) is 18.3. The van der Waals surface area contributed by atoms with Crippen LogP contribution >= 0.6 is 0 Å². The van der Waals surface area contributed by atoms with Gasteiger partial charge in [0.2, 0.25) is 5.91 Å². The summed E-state index contributed by atoms with van der Waals surface area (Å²) in [6.45, 7) is 6.91. The summed E-state index contributed by atoms with van der Waals surface area (Å²) >= 11 is 0. The number of aromatic amines is 1. The van der Waals surface area contributed by atoms with E-state index in [0.29, 0.717) is 31.0 Å². The van der Waals surface area contributed by atoms with Crippen molar-refractivity contribution in [2.24, 2.45) is 40.5 Å². The molecule has 2 fully saturated rings. The number of likely N-dealkylation sites (tertiary alicyclic amines) is 1. The summed E-state index contributed by atoms with van der Waals surface area (Å²) in [4.78, 5) is 67.2. The van der Waals surface area contributed by atoms with Crippen LogP contribution in [0, 0.1) is 35.5 Å². The van der Waals surface area contributed by atoms with E-state index in [-0.39, 0.29) is 60.3 Å². The van der Waals surface area contributed by atoms with Gasteiger partial charge in [-0.1, -0.05) is 52.8 Å². The van der Waals surface area contributed by atoms with Gasteiger partial charge < -0.3 is 39.5 Å². The summed E-state index contributed by atoms with van der Waals surface area (Å²) in [6.07, 6.45) is 3.08. The number of alkyl halides is 2. The number of halogens is 2. The predicted molar refractivity (Wildman–Crippen MR) is 235 cm³/mol. The first kappa shape index (κ1) is 44.7. The lowest BCUT2D eigenvalue weighted by molar-refractivity contribution is -0.139. The van der Waals surface area contributed by atoms with Crippen molar-refractivity contribution in [1.29, 1.82) is 0 Å². The number of benzene rings is 3. The number of amides is 3. The highest BCUT2D eigenvalue weighted by atomic mass is 19.3. The quantitative estimate of drug-likeness (QED) is 0.119. The molecule has 3 aromatic carbocycles. The highest BCUT2D eigenvalue weighted by Crippen LogP contribution is 2.47. The number of ether oxygens (including phenoxy) is 4. The van der Waals surface area contributed by atoms with Gasteiger partial charge in [0.05, 0.1) is 50.5 Å². The van der Waals surface area contributed by atoms with Gasteiger partial charge in [0.1, 0.15) is 24.2 Å². The number of alkyl carbamates (subject to hydrolysis) is 2. The number of nitrogens with zero attached hydrogens (tertiary/aromatic N) is 3. The van der Waals surface area contributed by atoms with Crippen LogP contribution in [0.3, 0.4) is 0 Å². The first-order valence-electron chi connectivity index (χ1n) is 22.1. The third-order valence-electron chi connectivity index (χ3n) is 13.5. The van der Waals surface area contributed by atoms with Gasteiger partial charge in [-0.05, 0) is 94.3 Å². The Morgan fingerprint density at radius 3 is 2.38 bits per heavy atom. The first-order chi connectivity index (χ1) is 30.6. The third kappa shape index (κ3) is 8.68. The second kappa shape index (κ2) is 18.3. The topological polar surface area (TPSA) is 174 Å². The van der Waals surface area contributed by atoms with Crippen molar-refractivity contribution in [3.8, 4) is 28.1 Å². The maximum Gasteiger partial charge on any atom is 0.407 e. The monoisotopic (exact) mass is 882 g/mol. The van der Waals surface area contributed by atoms with Crippen molar-refractivity contribution < 1.29 is 46.9 Å². The number of rotatable bonds is 13. The molecule has 3 N–H and O–H groups in total. The van der Waals surface area contributed by atoms with Crippen molar-refractivity contribution in [2.75, 3.05) is 27.4 Å². The van der Waals surface area contributed by atoms with E-state index in [1.165, 1.54) is 14.2 Å². The largest absolute Gasteiger partial charge is 0.488 e. The molecule has 1 aromatic heterocycles. The maximum atomic E-state index is 14.1. The SMILES string of the molecule is COC(=O)N[C@H](C(=O)C1[C@@H](C)CC[C@H]1C1=Nc2ccc3cc4c(cc3c2C1)OCc1cc(-c2cnc([C@@H]3C[C@H](COC(F)F)CN3C(=O)[C@@H](NC(=O)OC)C(C)C)[nH]2)ccc1-4)C(C)C. The van der Waals surface area contributed by atoms with Crippen LogP contribution in [-0.4, -0.2) is 90.5 Å². The number of carbonyl (C=O) groups is 4. The minimum atomic E-state index is -2.94.